The Balaban J connectivity index is 1.42. The summed E-state index contributed by atoms with van der Waals surface area (Å²) in [6.45, 7) is 2.46. The van der Waals surface area contributed by atoms with Crippen molar-refractivity contribution in [3.63, 3.8) is 0 Å². The molecule has 1 aliphatic heterocycles. The molecule has 0 aromatic heterocycles. The molecule has 2 N–H and O–H groups in total. The number of hydrogen-bond donors (Lipinski definition) is 2. The van der Waals surface area contributed by atoms with Crippen LogP contribution >= 0.6 is 0 Å². The van der Waals surface area contributed by atoms with Gasteiger partial charge in [0, 0.05) is 18.6 Å². The first-order valence-corrected chi connectivity index (χ1v) is 6.90. The van der Waals surface area contributed by atoms with Crippen LogP contribution in [0.4, 0.5) is 0 Å². The Hall–Kier alpha value is -0.0800. The normalized spacial score (nSPS) is 32.2. The van der Waals surface area contributed by atoms with Crippen molar-refractivity contribution in [3.05, 3.63) is 0 Å². The summed E-state index contributed by atoms with van der Waals surface area (Å²) >= 11 is 0. The molecule has 15 heavy (non-hydrogen) atoms. The molecule has 1 saturated heterocycles. The standard InChI is InChI=1S/C13H24N2/c1-2-8-14-12(3-1)9-15-13(10-4-5-10)11-6-7-11/h10-15H,1-9H2. The first-order chi connectivity index (χ1) is 7.43. The van der Waals surface area contributed by atoms with Crippen molar-refractivity contribution in [2.75, 3.05) is 13.1 Å². The molecular weight excluding hydrogens is 184 g/mol. The van der Waals surface area contributed by atoms with Gasteiger partial charge in [-0.3, -0.25) is 0 Å². The summed E-state index contributed by atoms with van der Waals surface area (Å²) in [5.41, 5.74) is 0. The van der Waals surface area contributed by atoms with Crippen LogP contribution in [0.25, 0.3) is 0 Å². The van der Waals surface area contributed by atoms with Gasteiger partial charge < -0.3 is 10.6 Å². The number of hydrogen-bond acceptors (Lipinski definition) is 2. The molecule has 1 heterocycles. The van der Waals surface area contributed by atoms with Crippen LogP contribution < -0.4 is 10.6 Å². The second kappa shape index (κ2) is 4.42. The maximum Gasteiger partial charge on any atom is 0.0192 e. The van der Waals surface area contributed by atoms with E-state index in [1.807, 2.05) is 0 Å². The van der Waals surface area contributed by atoms with Crippen LogP contribution in [0.3, 0.4) is 0 Å². The van der Waals surface area contributed by atoms with E-state index in [0.29, 0.717) is 0 Å². The van der Waals surface area contributed by atoms with Crippen molar-refractivity contribution >= 4 is 0 Å². The van der Waals surface area contributed by atoms with Crippen molar-refractivity contribution in [2.45, 2.75) is 57.0 Å². The van der Waals surface area contributed by atoms with E-state index in [2.05, 4.69) is 10.6 Å². The van der Waals surface area contributed by atoms with Gasteiger partial charge >= 0.3 is 0 Å². The molecule has 2 saturated carbocycles. The van der Waals surface area contributed by atoms with E-state index in [1.165, 1.54) is 58.0 Å². The van der Waals surface area contributed by atoms with E-state index in [-0.39, 0.29) is 0 Å². The van der Waals surface area contributed by atoms with Gasteiger partial charge in [-0.15, -0.1) is 0 Å². The first-order valence-electron chi connectivity index (χ1n) is 6.90. The Kier molecular flexibility index (Phi) is 2.98. The highest BCUT2D eigenvalue weighted by molar-refractivity contribution is 4.96. The van der Waals surface area contributed by atoms with Crippen LogP contribution in [-0.2, 0) is 0 Å². The Morgan fingerprint density at radius 2 is 1.73 bits per heavy atom. The Morgan fingerprint density at radius 3 is 2.27 bits per heavy atom. The smallest absolute Gasteiger partial charge is 0.0192 e. The van der Waals surface area contributed by atoms with Gasteiger partial charge in [0.1, 0.15) is 0 Å². The van der Waals surface area contributed by atoms with Crippen molar-refractivity contribution in [1.82, 2.24) is 10.6 Å². The molecule has 3 aliphatic rings. The van der Waals surface area contributed by atoms with Gasteiger partial charge in [-0.1, -0.05) is 6.42 Å². The number of piperidine rings is 1. The average Bonchev–Trinajstić information content (AvgIpc) is 3.14. The van der Waals surface area contributed by atoms with Crippen LogP contribution in [0.5, 0.6) is 0 Å². The first kappa shape index (κ1) is 10.1. The summed E-state index contributed by atoms with van der Waals surface area (Å²) in [5, 5.41) is 7.48. The van der Waals surface area contributed by atoms with Gasteiger partial charge in [-0.2, -0.15) is 0 Å². The minimum Gasteiger partial charge on any atom is -0.313 e. The van der Waals surface area contributed by atoms with Crippen LogP contribution in [0, 0.1) is 11.8 Å². The molecule has 2 heteroatoms. The molecular formula is C13H24N2. The second-order valence-electron chi connectivity index (χ2n) is 5.76. The van der Waals surface area contributed by atoms with Gasteiger partial charge in [0.15, 0.2) is 0 Å². The van der Waals surface area contributed by atoms with Gasteiger partial charge in [0.25, 0.3) is 0 Å². The molecule has 3 rings (SSSR count). The molecule has 0 radical (unpaired) electrons. The highest BCUT2D eigenvalue weighted by Crippen LogP contribution is 2.44. The zero-order chi connectivity index (χ0) is 10.1. The van der Waals surface area contributed by atoms with Gasteiger partial charge in [-0.05, 0) is 56.9 Å². The summed E-state index contributed by atoms with van der Waals surface area (Å²) in [4.78, 5) is 0. The molecule has 2 nitrogen and oxygen atoms in total. The van der Waals surface area contributed by atoms with Crippen LogP contribution in [0.2, 0.25) is 0 Å². The summed E-state index contributed by atoms with van der Waals surface area (Å²) in [5.74, 6) is 2.09. The third-order valence-corrected chi connectivity index (χ3v) is 4.27. The highest BCUT2D eigenvalue weighted by atomic mass is 15.0. The predicted octanol–water partition coefficient (Wildman–Crippen LogP) is 1.91. The molecule has 1 atom stereocenters. The minimum absolute atomic E-state index is 0.763. The molecule has 0 aromatic carbocycles. The molecule has 0 bridgehead atoms. The highest BCUT2D eigenvalue weighted by Gasteiger charge is 2.41. The minimum atomic E-state index is 0.763. The summed E-state index contributed by atoms with van der Waals surface area (Å²) in [6.07, 6.45) is 10.2. The maximum absolute atomic E-state index is 3.85. The summed E-state index contributed by atoms with van der Waals surface area (Å²) in [6, 6.07) is 1.65. The van der Waals surface area contributed by atoms with Gasteiger partial charge in [-0.25, -0.2) is 0 Å². The maximum atomic E-state index is 3.85. The van der Waals surface area contributed by atoms with Gasteiger partial charge in [0.05, 0.1) is 0 Å². The third kappa shape index (κ3) is 2.73. The van der Waals surface area contributed by atoms with Crippen molar-refractivity contribution in [3.8, 4) is 0 Å². The largest absolute Gasteiger partial charge is 0.313 e. The Bertz CT molecular complexity index is 191. The monoisotopic (exact) mass is 208 g/mol. The lowest BCUT2D eigenvalue weighted by molar-refractivity contribution is 0.339. The van der Waals surface area contributed by atoms with Crippen LogP contribution in [0.15, 0.2) is 0 Å². The van der Waals surface area contributed by atoms with E-state index in [1.54, 1.807) is 0 Å². The van der Waals surface area contributed by atoms with E-state index < -0.39 is 0 Å². The van der Waals surface area contributed by atoms with Crippen molar-refractivity contribution in [1.29, 1.82) is 0 Å². The van der Waals surface area contributed by atoms with E-state index in [0.717, 1.165) is 23.9 Å². The molecule has 0 amide bonds. The molecule has 86 valence electrons. The van der Waals surface area contributed by atoms with Gasteiger partial charge in [0.2, 0.25) is 0 Å². The number of nitrogens with one attached hydrogen (secondary N) is 2. The number of rotatable bonds is 5. The summed E-state index contributed by atoms with van der Waals surface area (Å²) in [7, 11) is 0. The van der Waals surface area contributed by atoms with Crippen molar-refractivity contribution in [2.24, 2.45) is 11.8 Å². The predicted molar refractivity (Wildman–Crippen MR) is 62.9 cm³/mol. The van der Waals surface area contributed by atoms with Crippen LogP contribution in [0.1, 0.15) is 44.9 Å². The quantitative estimate of drug-likeness (QED) is 0.721. The lowest BCUT2D eigenvalue weighted by Gasteiger charge is -2.26. The van der Waals surface area contributed by atoms with E-state index in [9.17, 15) is 0 Å². The summed E-state index contributed by atoms with van der Waals surface area (Å²) < 4.78 is 0. The fourth-order valence-corrected chi connectivity index (χ4v) is 3.01. The second-order valence-corrected chi connectivity index (χ2v) is 5.76. The zero-order valence-electron chi connectivity index (χ0n) is 9.67. The fraction of sp³-hybridized carbons (Fsp3) is 1.00. The van der Waals surface area contributed by atoms with Crippen LogP contribution in [-0.4, -0.2) is 25.2 Å². The topological polar surface area (TPSA) is 24.1 Å². The average molecular weight is 208 g/mol. The lowest BCUT2D eigenvalue weighted by atomic mass is 10.0. The fourth-order valence-electron chi connectivity index (χ4n) is 3.01. The Morgan fingerprint density at radius 1 is 1.00 bits per heavy atom. The molecule has 2 aliphatic carbocycles. The lowest BCUT2D eigenvalue weighted by Crippen LogP contribution is -2.46. The SMILES string of the molecule is C1CCC(CNC(C2CC2)C2CC2)NC1. The zero-order valence-corrected chi connectivity index (χ0v) is 9.67. The Labute approximate surface area is 93.2 Å². The van der Waals surface area contributed by atoms with E-state index >= 15 is 0 Å². The molecule has 0 aromatic rings. The van der Waals surface area contributed by atoms with E-state index in [4.69, 9.17) is 0 Å². The molecule has 3 fully saturated rings. The third-order valence-electron chi connectivity index (χ3n) is 4.27. The molecule has 1 unspecified atom stereocenters. The van der Waals surface area contributed by atoms with Crippen molar-refractivity contribution < 1.29 is 0 Å². The molecule has 0 spiro atoms.